The molecule has 1 heteroatoms. The van der Waals surface area contributed by atoms with Crippen molar-refractivity contribution < 1.29 is 0 Å². The molecule has 1 N–H and O–H groups in total. The van der Waals surface area contributed by atoms with Crippen LogP contribution < -0.4 is 5.32 Å². The van der Waals surface area contributed by atoms with Crippen LogP contribution in [0, 0.1) is 5.41 Å². The van der Waals surface area contributed by atoms with E-state index in [4.69, 9.17) is 0 Å². The minimum absolute atomic E-state index is 0.561. The zero-order chi connectivity index (χ0) is 14.0. The normalized spacial score (nSPS) is 20.1. The Morgan fingerprint density at radius 2 is 1.89 bits per heavy atom. The van der Waals surface area contributed by atoms with Crippen molar-refractivity contribution in [3.8, 4) is 0 Å². The molecule has 1 aliphatic carbocycles. The van der Waals surface area contributed by atoms with Crippen molar-refractivity contribution in [2.75, 3.05) is 6.54 Å². The standard InChI is InChI=1S/C18H35N/c1-4-6-7-8-10-13-17(19-16-5-2)18(3)14-11-9-12-15-18/h4,17,19H,1,5-16H2,2-3H3. The first-order valence-corrected chi connectivity index (χ1v) is 8.57. The van der Waals surface area contributed by atoms with Crippen molar-refractivity contribution in [3.05, 3.63) is 12.7 Å². The van der Waals surface area contributed by atoms with Gasteiger partial charge in [-0.15, -0.1) is 6.58 Å². The molecule has 0 bridgehead atoms. The predicted octanol–water partition coefficient (Wildman–Crippen LogP) is 5.46. The van der Waals surface area contributed by atoms with E-state index in [-0.39, 0.29) is 0 Å². The van der Waals surface area contributed by atoms with Crippen LogP contribution in [0.25, 0.3) is 0 Å². The summed E-state index contributed by atoms with van der Waals surface area (Å²) in [7, 11) is 0. The van der Waals surface area contributed by atoms with Crippen LogP contribution in [-0.2, 0) is 0 Å². The maximum atomic E-state index is 3.85. The summed E-state index contributed by atoms with van der Waals surface area (Å²) in [6.07, 6.45) is 17.1. The fourth-order valence-corrected chi connectivity index (χ4v) is 3.54. The fourth-order valence-electron chi connectivity index (χ4n) is 3.54. The molecular weight excluding hydrogens is 230 g/mol. The highest BCUT2D eigenvalue weighted by molar-refractivity contribution is 4.90. The summed E-state index contributed by atoms with van der Waals surface area (Å²) in [5.41, 5.74) is 0.561. The summed E-state index contributed by atoms with van der Waals surface area (Å²) in [6, 6.07) is 0.747. The summed E-state index contributed by atoms with van der Waals surface area (Å²) in [5.74, 6) is 0. The second-order valence-corrected chi connectivity index (χ2v) is 6.65. The number of hydrogen-bond acceptors (Lipinski definition) is 1. The van der Waals surface area contributed by atoms with E-state index in [1.54, 1.807) is 0 Å². The Kier molecular flexibility index (Phi) is 8.45. The number of nitrogens with one attached hydrogen (secondary N) is 1. The lowest BCUT2D eigenvalue weighted by Crippen LogP contribution is -2.45. The third kappa shape index (κ3) is 6.12. The van der Waals surface area contributed by atoms with E-state index in [1.165, 1.54) is 77.2 Å². The molecule has 0 heterocycles. The number of unbranched alkanes of at least 4 members (excludes halogenated alkanes) is 3. The highest BCUT2D eigenvalue weighted by Gasteiger charge is 2.34. The van der Waals surface area contributed by atoms with Crippen molar-refractivity contribution in [2.45, 2.75) is 90.5 Å². The van der Waals surface area contributed by atoms with Gasteiger partial charge in [0, 0.05) is 6.04 Å². The van der Waals surface area contributed by atoms with Crippen LogP contribution in [-0.4, -0.2) is 12.6 Å². The second kappa shape index (κ2) is 9.58. The van der Waals surface area contributed by atoms with Gasteiger partial charge < -0.3 is 5.32 Å². The van der Waals surface area contributed by atoms with Gasteiger partial charge in [0.2, 0.25) is 0 Å². The van der Waals surface area contributed by atoms with Crippen LogP contribution in [0.15, 0.2) is 12.7 Å². The highest BCUT2D eigenvalue weighted by Crippen LogP contribution is 2.40. The Morgan fingerprint density at radius 1 is 1.16 bits per heavy atom. The molecule has 1 nitrogen and oxygen atoms in total. The van der Waals surface area contributed by atoms with Gasteiger partial charge in [-0.1, -0.05) is 52.0 Å². The first-order valence-electron chi connectivity index (χ1n) is 8.57. The van der Waals surface area contributed by atoms with E-state index in [2.05, 4.69) is 31.8 Å². The van der Waals surface area contributed by atoms with Crippen molar-refractivity contribution >= 4 is 0 Å². The van der Waals surface area contributed by atoms with Gasteiger partial charge in [-0.05, 0) is 50.5 Å². The monoisotopic (exact) mass is 265 g/mol. The van der Waals surface area contributed by atoms with Gasteiger partial charge in [-0.2, -0.15) is 0 Å². The van der Waals surface area contributed by atoms with E-state index >= 15 is 0 Å². The average molecular weight is 265 g/mol. The molecule has 1 rings (SSSR count). The molecule has 1 saturated carbocycles. The summed E-state index contributed by atoms with van der Waals surface area (Å²) in [4.78, 5) is 0. The summed E-state index contributed by atoms with van der Waals surface area (Å²) in [6.45, 7) is 9.80. The van der Waals surface area contributed by atoms with Crippen molar-refractivity contribution in [1.29, 1.82) is 0 Å². The molecule has 1 aliphatic rings. The molecule has 112 valence electrons. The van der Waals surface area contributed by atoms with Gasteiger partial charge in [0.05, 0.1) is 0 Å². The van der Waals surface area contributed by atoms with Crippen molar-refractivity contribution in [1.82, 2.24) is 5.32 Å². The Bertz CT molecular complexity index is 228. The Morgan fingerprint density at radius 3 is 2.53 bits per heavy atom. The molecular formula is C18H35N. The maximum Gasteiger partial charge on any atom is 0.0121 e. The zero-order valence-corrected chi connectivity index (χ0v) is 13.3. The second-order valence-electron chi connectivity index (χ2n) is 6.65. The number of allylic oxidation sites excluding steroid dienone is 1. The highest BCUT2D eigenvalue weighted by atomic mass is 14.9. The molecule has 19 heavy (non-hydrogen) atoms. The molecule has 0 aromatic carbocycles. The molecule has 1 fully saturated rings. The summed E-state index contributed by atoms with van der Waals surface area (Å²) in [5, 5.41) is 3.85. The van der Waals surface area contributed by atoms with Gasteiger partial charge in [0.25, 0.3) is 0 Å². The lowest BCUT2D eigenvalue weighted by molar-refractivity contribution is 0.135. The molecule has 0 spiro atoms. The van der Waals surface area contributed by atoms with Crippen LogP contribution in [0.5, 0.6) is 0 Å². The molecule has 0 saturated heterocycles. The van der Waals surface area contributed by atoms with E-state index in [9.17, 15) is 0 Å². The third-order valence-electron chi connectivity index (χ3n) is 4.88. The Hall–Kier alpha value is -0.300. The third-order valence-corrected chi connectivity index (χ3v) is 4.88. The summed E-state index contributed by atoms with van der Waals surface area (Å²) >= 11 is 0. The predicted molar refractivity (Wildman–Crippen MR) is 86.6 cm³/mol. The van der Waals surface area contributed by atoms with Gasteiger partial charge in [-0.25, -0.2) is 0 Å². The smallest absolute Gasteiger partial charge is 0.0121 e. The first-order chi connectivity index (χ1) is 9.23. The van der Waals surface area contributed by atoms with Gasteiger partial charge in [-0.3, -0.25) is 0 Å². The molecule has 0 aliphatic heterocycles. The van der Waals surface area contributed by atoms with Gasteiger partial charge >= 0.3 is 0 Å². The Labute approximate surface area is 121 Å². The molecule has 1 atom stereocenters. The van der Waals surface area contributed by atoms with Crippen LogP contribution in [0.2, 0.25) is 0 Å². The molecule has 0 radical (unpaired) electrons. The summed E-state index contributed by atoms with van der Waals surface area (Å²) < 4.78 is 0. The maximum absolute atomic E-state index is 3.85. The quantitative estimate of drug-likeness (QED) is 0.408. The molecule has 1 unspecified atom stereocenters. The first kappa shape index (κ1) is 16.8. The van der Waals surface area contributed by atoms with Crippen LogP contribution in [0.1, 0.15) is 84.5 Å². The lowest BCUT2D eigenvalue weighted by Gasteiger charge is -2.41. The van der Waals surface area contributed by atoms with E-state index < -0.39 is 0 Å². The minimum atomic E-state index is 0.561. The van der Waals surface area contributed by atoms with Crippen LogP contribution in [0.3, 0.4) is 0 Å². The van der Waals surface area contributed by atoms with Gasteiger partial charge in [0.1, 0.15) is 0 Å². The number of hydrogen-bond donors (Lipinski definition) is 1. The molecule has 0 aromatic heterocycles. The van der Waals surface area contributed by atoms with E-state index in [0.29, 0.717) is 5.41 Å². The molecule has 0 aromatic rings. The lowest BCUT2D eigenvalue weighted by atomic mass is 9.69. The van der Waals surface area contributed by atoms with E-state index in [0.717, 1.165) is 6.04 Å². The number of rotatable bonds is 10. The van der Waals surface area contributed by atoms with E-state index in [1.807, 2.05) is 0 Å². The van der Waals surface area contributed by atoms with Crippen LogP contribution in [0.4, 0.5) is 0 Å². The molecule has 0 amide bonds. The average Bonchev–Trinajstić information content (AvgIpc) is 2.42. The van der Waals surface area contributed by atoms with Crippen LogP contribution >= 0.6 is 0 Å². The largest absolute Gasteiger partial charge is 0.313 e. The zero-order valence-electron chi connectivity index (χ0n) is 13.3. The minimum Gasteiger partial charge on any atom is -0.313 e. The topological polar surface area (TPSA) is 12.0 Å². The fraction of sp³-hybridized carbons (Fsp3) is 0.889. The van der Waals surface area contributed by atoms with Crippen molar-refractivity contribution in [2.24, 2.45) is 5.41 Å². The SMILES string of the molecule is C=CCCCCCC(NCCC)C1(C)CCCCC1. The van der Waals surface area contributed by atoms with Gasteiger partial charge in [0.15, 0.2) is 0 Å². The van der Waals surface area contributed by atoms with Crippen molar-refractivity contribution in [3.63, 3.8) is 0 Å². The Balaban J connectivity index is 2.38.